The summed E-state index contributed by atoms with van der Waals surface area (Å²) in [6.45, 7) is 8.65. The van der Waals surface area contributed by atoms with E-state index in [2.05, 4.69) is 27.7 Å². The van der Waals surface area contributed by atoms with Gasteiger partial charge < -0.3 is 14.6 Å². The molecule has 2 aromatic carbocycles. The van der Waals surface area contributed by atoms with Gasteiger partial charge in [-0.2, -0.15) is 0 Å². The number of hydrogen-bond acceptors (Lipinski definition) is 5. The van der Waals surface area contributed by atoms with E-state index in [1.807, 2.05) is 12.1 Å². The number of fused-ring (bicyclic) bond motifs is 1. The highest BCUT2D eigenvalue weighted by atomic mass is 16.3. The monoisotopic (exact) mass is 408 g/mol. The second-order valence-corrected chi connectivity index (χ2v) is 9.30. The Bertz CT molecular complexity index is 1120. The molecule has 0 bridgehead atoms. The molecule has 1 heterocycles. The molecule has 0 aliphatic heterocycles. The van der Waals surface area contributed by atoms with Gasteiger partial charge in [-0.05, 0) is 28.9 Å². The molecule has 158 valence electrons. The predicted molar refractivity (Wildman–Crippen MR) is 118 cm³/mol. The molecule has 0 spiro atoms. The maximum absolute atomic E-state index is 12.8. The van der Waals surface area contributed by atoms with Gasteiger partial charge in [0.15, 0.2) is 0 Å². The average Bonchev–Trinajstić information content (AvgIpc) is 2.60. The second-order valence-electron chi connectivity index (χ2n) is 9.30. The summed E-state index contributed by atoms with van der Waals surface area (Å²) in [5, 5.41) is 19.6. The highest BCUT2D eigenvalue weighted by Crippen LogP contribution is 2.30. The van der Waals surface area contributed by atoms with Crippen molar-refractivity contribution < 1.29 is 19.4 Å². The zero-order chi connectivity index (χ0) is 22.1. The van der Waals surface area contributed by atoms with Crippen molar-refractivity contribution >= 4 is 16.8 Å². The van der Waals surface area contributed by atoms with Crippen molar-refractivity contribution in [2.45, 2.75) is 47.0 Å². The Labute approximate surface area is 176 Å². The van der Waals surface area contributed by atoms with Crippen LogP contribution < -0.4 is 5.43 Å². The Kier molecular flexibility index (Phi) is 6.01. The van der Waals surface area contributed by atoms with E-state index in [0.717, 1.165) is 18.1 Å². The van der Waals surface area contributed by atoms with Gasteiger partial charge in [-0.3, -0.25) is 9.59 Å². The molecule has 30 heavy (non-hydrogen) atoms. The van der Waals surface area contributed by atoms with Crippen molar-refractivity contribution in [1.82, 2.24) is 0 Å². The number of Topliss-reactive ketones (excluding diaryl/α,β-unsaturated/α-hetero) is 1. The lowest BCUT2D eigenvalue weighted by molar-refractivity contribution is -0.119. The lowest BCUT2D eigenvalue weighted by Gasteiger charge is -2.22. The van der Waals surface area contributed by atoms with Gasteiger partial charge in [0, 0.05) is 25.0 Å². The van der Waals surface area contributed by atoms with Crippen molar-refractivity contribution in [2.75, 3.05) is 0 Å². The maximum Gasteiger partial charge on any atom is 0.204 e. The van der Waals surface area contributed by atoms with E-state index in [4.69, 9.17) is 4.42 Å². The third-order valence-electron chi connectivity index (χ3n) is 5.04. The molecular weight excluding hydrogens is 380 g/mol. The van der Waals surface area contributed by atoms with Crippen LogP contribution in [0.4, 0.5) is 0 Å². The predicted octanol–water partition coefficient (Wildman–Crippen LogP) is 5.45. The van der Waals surface area contributed by atoms with Gasteiger partial charge in [0.05, 0.1) is 5.56 Å². The Hall–Kier alpha value is -3.08. The molecule has 0 radical (unpaired) electrons. The molecule has 3 aromatic rings. The van der Waals surface area contributed by atoms with Gasteiger partial charge in [-0.1, -0.05) is 52.0 Å². The van der Waals surface area contributed by atoms with E-state index in [1.165, 1.54) is 12.3 Å². The van der Waals surface area contributed by atoms with Crippen LogP contribution in [0.3, 0.4) is 0 Å². The van der Waals surface area contributed by atoms with Crippen molar-refractivity contribution in [3.63, 3.8) is 0 Å². The number of phenolic OH excluding ortho intramolecular Hbond substituents is 2. The van der Waals surface area contributed by atoms with Crippen LogP contribution in [0, 0.1) is 11.3 Å². The lowest BCUT2D eigenvalue weighted by atomic mass is 9.83. The topological polar surface area (TPSA) is 87.7 Å². The molecule has 5 nitrogen and oxygen atoms in total. The number of carbonyl (C=O) groups is 1. The number of rotatable bonds is 6. The summed E-state index contributed by atoms with van der Waals surface area (Å²) in [6.07, 6.45) is 3.23. The molecule has 5 heteroatoms. The summed E-state index contributed by atoms with van der Waals surface area (Å²) in [7, 11) is 0. The van der Waals surface area contributed by atoms with E-state index >= 15 is 0 Å². The molecular formula is C25H28O5. The Balaban J connectivity index is 1.77. The Morgan fingerprint density at radius 2 is 1.77 bits per heavy atom. The minimum absolute atomic E-state index is 0.0254. The standard InChI is InChI=1S/C25H28O5/c1-15(13-25(2,3)4)9-18(26)10-16-5-7-17(8-6-16)20-14-30-22-12-19(27)11-21(28)23(22)24(20)29/h5-8,11-12,14-15,27-28H,9-10,13H2,1-4H3. The van der Waals surface area contributed by atoms with Crippen LogP contribution >= 0.6 is 0 Å². The molecule has 1 aromatic heterocycles. The minimum Gasteiger partial charge on any atom is -0.508 e. The normalized spacial score (nSPS) is 12.8. The van der Waals surface area contributed by atoms with Crippen LogP contribution in [0.25, 0.3) is 22.1 Å². The van der Waals surface area contributed by atoms with Crippen LogP contribution in [0.2, 0.25) is 0 Å². The Morgan fingerprint density at radius 1 is 1.10 bits per heavy atom. The van der Waals surface area contributed by atoms with E-state index in [0.29, 0.717) is 29.9 Å². The van der Waals surface area contributed by atoms with Gasteiger partial charge in [0.2, 0.25) is 5.43 Å². The van der Waals surface area contributed by atoms with Crippen molar-refractivity contribution in [2.24, 2.45) is 11.3 Å². The molecule has 0 fully saturated rings. The fourth-order valence-electron chi connectivity index (χ4n) is 4.03. The van der Waals surface area contributed by atoms with Gasteiger partial charge >= 0.3 is 0 Å². The van der Waals surface area contributed by atoms with Crippen LogP contribution in [-0.4, -0.2) is 16.0 Å². The third-order valence-corrected chi connectivity index (χ3v) is 5.04. The molecule has 2 N–H and O–H groups in total. The van der Waals surface area contributed by atoms with Gasteiger partial charge in [-0.15, -0.1) is 0 Å². The van der Waals surface area contributed by atoms with Crippen LogP contribution in [-0.2, 0) is 11.2 Å². The molecule has 0 amide bonds. The highest BCUT2D eigenvalue weighted by Gasteiger charge is 2.18. The summed E-state index contributed by atoms with van der Waals surface area (Å²) in [6, 6.07) is 9.62. The van der Waals surface area contributed by atoms with Crippen LogP contribution in [0.5, 0.6) is 11.5 Å². The van der Waals surface area contributed by atoms with E-state index < -0.39 is 0 Å². The summed E-state index contributed by atoms with van der Waals surface area (Å²) in [5.41, 5.74) is 1.77. The number of hydrogen-bond donors (Lipinski definition) is 2. The zero-order valence-corrected chi connectivity index (χ0v) is 17.9. The van der Waals surface area contributed by atoms with Crippen molar-refractivity contribution in [3.8, 4) is 22.6 Å². The third kappa shape index (κ3) is 5.09. The summed E-state index contributed by atoms with van der Waals surface area (Å²) in [5.74, 6) is 0.0366. The number of aromatic hydroxyl groups is 2. The summed E-state index contributed by atoms with van der Waals surface area (Å²) < 4.78 is 5.44. The molecule has 0 aliphatic carbocycles. The molecule has 0 saturated heterocycles. The van der Waals surface area contributed by atoms with E-state index in [9.17, 15) is 19.8 Å². The molecule has 0 saturated carbocycles. The van der Waals surface area contributed by atoms with Gasteiger partial charge in [-0.25, -0.2) is 0 Å². The number of ketones is 1. The molecule has 0 aliphatic rings. The van der Waals surface area contributed by atoms with Gasteiger partial charge in [0.1, 0.15) is 34.5 Å². The molecule has 1 unspecified atom stereocenters. The van der Waals surface area contributed by atoms with Crippen molar-refractivity contribution in [3.05, 3.63) is 58.4 Å². The number of carbonyl (C=O) groups excluding carboxylic acids is 1. The first-order chi connectivity index (χ1) is 14.0. The SMILES string of the molecule is CC(CC(=O)Cc1ccc(-c2coc3cc(O)cc(O)c3c2=O)cc1)CC(C)(C)C. The number of phenols is 2. The molecule has 1 atom stereocenters. The maximum atomic E-state index is 12.8. The van der Waals surface area contributed by atoms with E-state index in [-0.39, 0.29) is 39.1 Å². The van der Waals surface area contributed by atoms with Crippen LogP contribution in [0.1, 0.15) is 46.1 Å². The van der Waals surface area contributed by atoms with E-state index in [1.54, 1.807) is 12.1 Å². The quantitative estimate of drug-likeness (QED) is 0.567. The Morgan fingerprint density at radius 3 is 2.40 bits per heavy atom. The first-order valence-electron chi connectivity index (χ1n) is 10.1. The lowest BCUT2D eigenvalue weighted by Crippen LogP contribution is -2.15. The summed E-state index contributed by atoms with van der Waals surface area (Å²) >= 11 is 0. The first-order valence-corrected chi connectivity index (χ1v) is 10.1. The molecule has 3 rings (SSSR count). The van der Waals surface area contributed by atoms with Crippen LogP contribution in [0.15, 0.2) is 51.9 Å². The number of benzene rings is 2. The average molecular weight is 408 g/mol. The fourth-order valence-corrected chi connectivity index (χ4v) is 4.03. The summed E-state index contributed by atoms with van der Waals surface area (Å²) in [4.78, 5) is 25.2. The van der Waals surface area contributed by atoms with Crippen molar-refractivity contribution in [1.29, 1.82) is 0 Å². The largest absolute Gasteiger partial charge is 0.508 e. The zero-order valence-electron chi connectivity index (χ0n) is 17.9. The highest BCUT2D eigenvalue weighted by molar-refractivity contribution is 5.88. The first kappa shape index (κ1) is 21.6. The van der Waals surface area contributed by atoms with Gasteiger partial charge in [0.25, 0.3) is 0 Å². The minimum atomic E-state index is -0.381. The second kappa shape index (κ2) is 8.34. The fraction of sp³-hybridized carbons (Fsp3) is 0.360. The smallest absolute Gasteiger partial charge is 0.204 e.